The second-order valence-corrected chi connectivity index (χ2v) is 16.5. The summed E-state index contributed by atoms with van der Waals surface area (Å²) in [6.45, 7) is 4.78. The number of aromatic nitrogens is 1. The molecule has 2 heterocycles. The first kappa shape index (κ1) is 32.7. The molecule has 0 spiro atoms. The van der Waals surface area contributed by atoms with Gasteiger partial charge in [-0.25, -0.2) is 0 Å². The summed E-state index contributed by atoms with van der Waals surface area (Å²) in [7, 11) is 0. The Balaban J connectivity index is 1.03. The average molecular weight is 735 g/mol. The zero-order valence-corrected chi connectivity index (χ0v) is 32.1. The van der Waals surface area contributed by atoms with Crippen molar-refractivity contribution in [3.05, 3.63) is 205 Å². The van der Waals surface area contributed by atoms with Gasteiger partial charge in [-0.05, 0) is 106 Å². The minimum atomic E-state index is -0.149. The Hall–Kier alpha value is -6.68. The number of hydrogen-bond acceptors (Lipinski definition) is 2. The summed E-state index contributed by atoms with van der Waals surface area (Å²) >= 11 is 1.87. The quantitative estimate of drug-likeness (QED) is 0.165. The maximum absolute atomic E-state index is 2.53. The molecule has 1 aliphatic carbocycles. The second kappa shape index (κ2) is 12.7. The molecule has 0 unspecified atom stereocenters. The van der Waals surface area contributed by atoms with Gasteiger partial charge in [0.15, 0.2) is 0 Å². The lowest BCUT2D eigenvalue weighted by Gasteiger charge is -2.26. The predicted octanol–water partition coefficient (Wildman–Crippen LogP) is 15.1. The fourth-order valence-corrected chi connectivity index (χ4v) is 10.2. The predicted molar refractivity (Wildman–Crippen MR) is 239 cm³/mol. The third-order valence-corrected chi connectivity index (χ3v) is 12.9. The standard InChI is InChI=1S/C53H38N2S/c1-53(2)47-19-11-9-18-44(47)52-51(53)46-33-38(25-31-48(46)55(52)42-30-32-50-45(34-42)43-17-10-12-20-49(43)56-50)37-23-28-41(29-24-37)54(39-15-7-4-8-16-39)40-26-21-36(22-27-40)35-13-5-3-6-14-35/h3-34H,1-2H3. The highest BCUT2D eigenvalue weighted by Gasteiger charge is 2.40. The van der Waals surface area contributed by atoms with Crippen molar-refractivity contribution in [1.29, 1.82) is 0 Å². The van der Waals surface area contributed by atoms with Gasteiger partial charge >= 0.3 is 0 Å². The fourth-order valence-electron chi connectivity index (χ4n) is 9.11. The van der Waals surface area contributed by atoms with E-state index in [1.807, 2.05) is 11.3 Å². The van der Waals surface area contributed by atoms with E-state index in [-0.39, 0.29) is 5.41 Å². The van der Waals surface area contributed by atoms with E-state index < -0.39 is 0 Å². The molecule has 0 fully saturated rings. The summed E-state index contributed by atoms with van der Waals surface area (Å²) in [6, 6.07) is 71.0. The molecule has 0 bridgehead atoms. The van der Waals surface area contributed by atoms with Gasteiger partial charge in [-0.1, -0.05) is 135 Å². The average Bonchev–Trinajstić information content (AvgIpc) is 3.88. The van der Waals surface area contributed by atoms with E-state index in [0.717, 1.165) is 17.1 Å². The van der Waals surface area contributed by atoms with Crippen molar-refractivity contribution < 1.29 is 0 Å². The highest BCUT2D eigenvalue weighted by Crippen LogP contribution is 2.54. The van der Waals surface area contributed by atoms with Gasteiger partial charge in [-0.2, -0.15) is 0 Å². The van der Waals surface area contributed by atoms with E-state index in [0.29, 0.717) is 0 Å². The largest absolute Gasteiger partial charge is 0.311 e. The molecule has 3 heteroatoms. The van der Waals surface area contributed by atoms with Crippen LogP contribution in [0, 0.1) is 0 Å². The van der Waals surface area contributed by atoms with E-state index in [1.165, 1.54) is 81.4 Å². The van der Waals surface area contributed by atoms with Crippen LogP contribution >= 0.6 is 11.3 Å². The summed E-state index contributed by atoms with van der Waals surface area (Å²) in [6.07, 6.45) is 0. The minimum Gasteiger partial charge on any atom is -0.311 e. The monoisotopic (exact) mass is 734 g/mol. The van der Waals surface area contributed by atoms with Gasteiger partial charge in [0.1, 0.15) is 0 Å². The van der Waals surface area contributed by atoms with Crippen LogP contribution in [0.25, 0.3) is 70.3 Å². The van der Waals surface area contributed by atoms with Gasteiger partial charge < -0.3 is 9.47 Å². The van der Waals surface area contributed by atoms with Crippen LogP contribution in [-0.2, 0) is 5.41 Å². The van der Waals surface area contributed by atoms with Gasteiger partial charge in [0.25, 0.3) is 0 Å². The number of rotatable bonds is 6. The molecular formula is C53H38N2S. The number of benzene rings is 8. The van der Waals surface area contributed by atoms with E-state index in [4.69, 9.17) is 0 Å². The van der Waals surface area contributed by atoms with Crippen LogP contribution in [0.3, 0.4) is 0 Å². The maximum atomic E-state index is 2.53. The molecule has 266 valence electrons. The molecule has 2 aromatic heterocycles. The van der Waals surface area contributed by atoms with Crippen molar-refractivity contribution in [2.45, 2.75) is 19.3 Å². The van der Waals surface area contributed by atoms with E-state index >= 15 is 0 Å². The summed E-state index contributed by atoms with van der Waals surface area (Å²) in [5.74, 6) is 0. The Bertz CT molecular complexity index is 3080. The molecule has 11 rings (SSSR count). The number of fused-ring (bicyclic) bond motifs is 8. The molecule has 0 N–H and O–H groups in total. The van der Waals surface area contributed by atoms with Crippen LogP contribution in [0.1, 0.15) is 25.0 Å². The van der Waals surface area contributed by atoms with E-state index in [2.05, 4.69) is 217 Å². The Labute approximate surface area is 331 Å². The van der Waals surface area contributed by atoms with Crippen molar-refractivity contribution in [1.82, 2.24) is 4.57 Å². The van der Waals surface area contributed by atoms with Gasteiger partial charge in [-0.3, -0.25) is 0 Å². The molecule has 56 heavy (non-hydrogen) atoms. The Morgan fingerprint density at radius 1 is 0.446 bits per heavy atom. The Kier molecular flexibility index (Phi) is 7.42. The zero-order chi connectivity index (χ0) is 37.4. The van der Waals surface area contributed by atoms with Crippen LogP contribution in [-0.4, -0.2) is 4.57 Å². The van der Waals surface area contributed by atoms with Crippen molar-refractivity contribution in [2.24, 2.45) is 0 Å². The van der Waals surface area contributed by atoms with Gasteiger partial charge in [0.05, 0.1) is 11.2 Å². The topological polar surface area (TPSA) is 8.17 Å². The molecule has 8 aromatic carbocycles. The highest BCUT2D eigenvalue weighted by atomic mass is 32.1. The third kappa shape index (κ3) is 5.08. The van der Waals surface area contributed by atoms with Gasteiger partial charge in [0.2, 0.25) is 0 Å². The Morgan fingerprint density at radius 2 is 1.02 bits per heavy atom. The van der Waals surface area contributed by atoms with Crippen molar-refractivity contribution in [2.75, 3.05) is 4.90 Å². The number of para-hydroxylation sites is 1. The number of thiophene rings is 1. The first-order chi connectivity index (χ1) is 27.5. The lowest BCUT2D eigenvalue weighted by molar-refractivity contribution is 0.666. The SMILES string of the molecule is CC1(C)c2ccccc2-c2c1c1cc(-c3ccc(N(c4ccccc4)c4ccc(-c5ccccc5)cc4)cc3)ccc1n2-c1ccc2sc3ccccc3c2c1. The number of hydrogen-bond donors (Lipinski definition) is 0. The first-order valence-electron chi connectivity index (χ1n) is 19.3. The summed E-state index contributed by atoms with van der Waals surface area (Å²) in [5.41, 5.74) is 15.9. The molecule has 0 radical (unpaired) electrons. The lowest BCUT2D eigenvalue weighted by Crippen LogP contribution is -2.14. The van der Waals surface area contributed by atoms with E-state index in [1.54, 1.807) is 0 Å². The second-order valence-electron chi connectivity index (χ2n) is 15.4. The molecule has 0 aliphatic heterocycles. The molecule has 0 atom stereocenters. The number of anilines is 3. The molecular weight excluding hydrogens is 697 g/mol. The molecule has 0 saturated carbocycles. The van der Waals surface area contributed by atoms with E-state index in [9.17, 15) is 0 Å². The normalized spacial score (nSPS) is 13.0. The summed E-state index contributed by atoms with van der Waals surface area (Å²) < 4.78 is 5.18. The van der Waals surface area contributed by atoms with Crippen LogP contribution in [0.4, 0.5) is 17.1 Å². The highest BCUT2D eigenvalue weighted by molar-refractivity contribution is 7.25. The van der Waals surface area contributed by atoms with Crippen LogP contribution in [0.5, 0.6) is 0 Å². The van der Waals surface area contributed by atoms with Crippen LogP contribution in [0.2, 0.25) is 0 Å². The zero-order valence-electron chi connectivity index (χ0n) is 31.3. The molecule has 2 nitrogen and oxygen atoms in total. The van der Waals surface area contributed by atoms with Crippen LogP contribution in [0.15, 0.2) is 194 Å². The van der Waals surface area contributed by atoms with Crippen molar-refractivity contribution >= 4 is 59.5 Å². The summed E-state index contributed by atoms with van der Waals surface area (Å²) in [4.78, 5) is 2.34. The van der Waals surface area contributed by atoms with Crippen molar-refractivity contribution in [3.8, 4) is 39.2 Å². The van der Waals surface area contributed by atoms with Gasteiger partial charge in [-0.15, -0.1) is 11.3 Å². The first-order valence-corrected chi connectivity index (χ1v) is 20.2. The minimum absolute atomic E-state index is 0.149. The molecule has 0 amide bonds. The molecule has 10 aromatic rings. The fraction of sp³-hybridized carbons (Fsp3) is 0.0566. The smallest absolute Gasteiger partial charge is 0.0585 e. The van der Waals surface area contributed by atoms with Gasteiger partial charge in [0, 0.05) is 59.3 Å². The maximum Gasteiger partial charge on any atom is 0.0585 e. The van der Waals surface area contributed by atoms with Crippen molar-refractivity contribution in [3.63, 3.8) is 0 Å². The molecule has 0 saturated heterocycles. The lowest BCUT2D eigenvalue weighted by atomic mass is 9.81. The molecule has 1 aliphatic rings. The third-order valence-electron chi connectivity index (χ3n) is 11.8. The number of nitrogens with zero attached hydrogens (tertiary/aromatic N) is 2. The summed E-state index contributed by atoms with van der Waals surface area (Å²) in [5, 5.41) is 3.95. The van der Waals surface area contributed by atoms with Crippen LogP contribution < -0.4 is 4.90 Å². The Morgan fingerprint density at radius 3 is 1.77 bits per heavy atom.